The monoisotopic (exact) mass is 271 g/mol. The normalized spacial score (nSPS) is 21.8. The van der Waals surface area contributed by atoms with Crippen LogP contribution in [0.5, 0.6) is 0 Å². The fourth-order valence-electron chi connectivity index (χ4n) is 2.94. The summed E-state index contributed by atoms with van der Waals surface area (Å²) in [5.41, 5.74) is 4.52. The summed E-state index contributed by atoms with van der Waals surface area (Å²) in [6.45, 7) is 5.42. The highest BCUT2D eigenvalue weighted by atomic mass is 16.2. The highest BCUT2D eigenvalue weighted by Gasteiger charge is 2.44. The fraction of sp³-hybridized carbons (Fsp3) is 0.333. The van der Waals surface area contributed by atoms with Gasteiger partial charge in [-0.15, -0.1) is 0 Å². The zero-order chi connectivity index (χ0) is 14.5. The maximum absolute atomic E-state index is 12.4. The van der Waals surface area contributed by atoms with Gasteiger partial charge >= 0.3 is 0 Å². The second-order valence-corrected chi connectivity index (χ2v) is 5.34. The van der Waals surface area contributed by atoms with Crippen LogP contribution in [0.15, 0.2) is 24.3 Å². The Morgan fingerprint density at radius 3 is 2.70 bits per heavy atom. The smallest absolute Gasteiger partial charge is 0.272 e. The molecule has 1 aromatic heterocycles. The molecule has 0 unspecified atom stereocenters. The van der Waals surface area contributed by atoms with Crippen molar-refractivity contribution >= 4 is 22.7 Å². The minimum atomic E-state index is -0.561. The summed E-state index contributed by atoms with van der Waals surface area (Å²) < 4.78 is 0. The SMILES string of the molecule is CC[C@]1(C)c2[nH]c3ccccc3c2C(=O)NN1C(C)=O. The standard InChI is InChI=1S/C15H17N3O2/c1-4-15(3)13-12(14(20)17-18(15)9(2)19)10-7-5-6-8-11(10)16-13/h5-8,16H,4H2,1-3H3,(H,17,20)/t15-/m1/s1. The Kier molecular flexibility index (Phi) is 2.61. The molecule has 1 aliphatic heterocycles. The molecule has 0 fully saturated rings. The first-order valence-electron chi connectivity index (χ1n) is 6.72. The van der Waals surface area contributed by atoms with Crippen molar-refractivity contribution in [2.75, 3.05) is 0 Å². The van der Waals surface area contributed by atoms with Crippen LogP contribution < -0.4 is 5.43 Å². The van der Waals surface area contributed by atoms with Crippen LogP contribution in [0.25, 0.3) is 10.9 Å². The van der Waals surface area contributed by atoms with Crippen LogP contribution in [-0.2, 0) is 10.3 Å². The van der Waals surface area contributed by atoms with E-state index in [1.165, 1.54) is 11.9 Å². The molecule has 2 heterocycles. The predicted molar refractivity (Wildman–Crippen MR) is 75.9 cm³/mol. The molecule has 5 heteroatoms. The molecule has 0 aliphatic carbocycles. The van der Waals surface area contributed by atoms with Crippen molar-refractivity contribution in [2.24, 2.45) is 0 Å². The highest BCUT2D eigenvalue weighted by molar-refractivity contribution is 6.09. The number of carbonyl (C=O) groups is 2. The van der Waals surface area contributed by atoms with E-state index >= 15 is 0 Å². The lowest BCUT2D eigenvalue weighted by atomic mass is 9.88. The van der Waals surface area contributed by atoms with E-state index in [1.807, 2.05) is 38.1 Å². The van der Waals surface area contributed by atoms with Crippen molar-refractivity contribution in [3.63, 3.8) is 0 Å². The van der Waals surface area contributed by atoms with Gasteiger partial charge in [0, 0.05) is 17.8 Å². The van der Waals surface area contributed by atoms with Crippen molar-refractivity contribution in [3.05, 3.63) is 35.5 Å². The Hall–Kier alpha value is -2.30. The summed E-state index contributed by atoms with van der Waals surface area (Å²) in [4.78, 5) is 27.5. The van der Waals surface area contributed by atoms with Gasteiger partial charge in [0.15, 0.2) is 0 Å². The minimum Gasteiger partial charge on any atom is -0.356 e. The summed E-state index contributed by atoms with van der Waals surface area (Å²) in [5, 5.41) is 2.32. The van der Waals surface area contributed by atoms with Crippen LogP contribution in [0.2, 0.25) is 0 Å². The third-order valence-electron chi connectivity index (χ3n) is 4.18. The molecule has 20 heavy (non-hydrogen) atoms. The number of H-pyrrole nitrogens is 1. The van der Waals surface area contributed by atoms with Crippen LogP contribution in [0, 0.1) is 0 Å². The molecule has 0 radical (unpaired) electrons. The largest absolute Gasteiger partial charge is 0.356 e. The number of aromatic nitrogens is 1. The van der Waals surface area contributed by atoms with Gasteiger partial charge in [-0.3, -0.25) is 15.0 Å². The first-order chi connectivity index (χ1) is 9.49. The number of hydrogen-bond donors (Lipinski definition) is 2. The second-order valence-electron chi connectivity index (χ2n) is 5.34. The lowest BCUT2D eigenvalue weighted by molar-refractivity contribution is -0.140. The molecule has 104 valence electrons. The van der Waals surface area contributed by atoms with Crippen molar-refractivity contribution in [1.29, 1.82) is 0 Å². The Labute approximate surface area is 116 Å². The van der Waals surface area contributed by atoms with Gasteiger partial charge in [-0.05, 0) is 19.4 Å². The number of hydrogen-bond acceptors (Lipinski definition) is 2. The second kappa shape index (κ2) is 4.10. The summed E-state index contributed by atoms with van der Waals surface area (Å²) in [7, 11) is 0. The van der Waals surface area contributed by atoms with Crippen LogP contribution >= 0.6 is 0 Å². The topological polar surface area (TPSA) is 65.2 Å². The molecule has 2 aromatic rings. The molecule has 0 bridgehead atoms. The Morgan fingerprint density at radius 2 is 2.05 bits per heavy atom. The summed E-state index contributed by atoms with van der Waals surface area (Å²) in [5.74, 6) is -0.411. The number of carbonyl (C=O) groups excluding carboxylic acids is 2. The molecular weight excluding hydrogens is 254 g/mol. The van der Waals surface area contributed by atoms with Gasteiger partial charge in [-0.1, -0.05) is 25.1 Å². The molecule has 1 aromatic carbocycles. The minimum absolute atomic E-state index is 0.174. The van der Waals surface area contributed by atoms with Crippen molar-refractivity contribution in [3.8, 4) is 0 Å². The average molecular weight is 271 g/mol. The van der Waals surface area contributed by atoms with E-state index in [1.54, 1.807) is 0 Å². The van der Waals surface area contributed by atoms with E-state index in [4.69, 9.17) is 0 Å². The number of rotatable bonds is 1. The van der Waals surface area contributed by atoms with Crippen LogP contribution in [0.4, 0.5) is 0 Å². The summed E-state index contributed by atoms with van der Waals surface area (Å²) in [6.07, 6.45) is 0.701. The van der Waals surface area contributed by atoms with Crippen LogP contribution in [-0.4, -0.2) is 21.8 Å². The molecule has 0 spiro atoms. The summed E-state index contributed by atoms with van der Waals surface area (Å²) >= 11 is 0. The Bertz CT molecular complexity index is 719. The van der Waals surface area contributed by atoms with Gasteiger partial charge in [0.1, 0.15) is 5.54 Å². The number of benzene rings is 1. The third kappa shape index (κ3) is 1.49. The lowest BCUT2D eigenvalue weighted by Crippen LogP contribution is -2.59. The fourth-order valence-corrected chi connectivity index (χ4v) is 2.94. The highest BCUT2D eigenvalue weighted by Crippen LogP contribution is 2.38. The van der Waals surface area contributed by atoms with Crippen molar-refractivity contribution < 1.29 is 9.59 Å². The van der Waals surface area contributed by atoms with Crippen molar-refractivity contribution in [2.45, 2.75) is 32.7 Å². The first kappa shape index (κ1) is 12.7. The molecule has 1 atom stereocenters. The molecular formula is C15H17N3O2. The van der Waals surface area contributed by atoms with E-state index < -0.39 is 5.54 Å². The van der Waals surface area contributed by atoms with E-state index in [2.05, 4.69) is 10.4 Å². The number of para-hydroxylation sites is 1. The average Bonchev–Trinajstić information content (AvgIpc) is 2.83. The van der Waals surface area contributed by atoms with E-state index in [0.29, 0.717) is 12.0 Å². The zero-order valence-electron chi connectivity index (χ0n) is 11.8. The number of nitrogens with zero attached hydrogens (tertiary/aromatic N) is 1. The van der Waals surface area contributed by atoms with Gasteiger partial charge in [0.2, 0.25) is 5.91 Å². The van der Waals surface area contributed by atoms with E-state index in [0.717, 1.165) is 16.6 Å². The Morgan fingerprint density at radius 1 is 1.35 bits per heavy atom. The van der Waals surface area contributed by atoms with Gasteiger partial charge < -0.3 is 4.98 Å². The quantitative estimate of drug-likeness (QED) is 0.835. The molecule has 2 amide bonds. The molecule has 0 saturated heterocycles. The maximum atomic E-state index is 12.4. The summed E-state index contributed by atoms with van der Waals surface area (Å²) in [6, 6.07) is 7.69. The van der Waals surface area contributed by atoms with Gasteiger partial charge in [0.25, 0.3) is 5.91 Å². The molecule has 1 aliphatic rings. The molecule has 3 rings (SSSR count). The number of amides is 2. The van der Waals surface area contributed by atoms with Crippen LogP contribution in [0.3, 0.4) is 0 Å². The molecule has 5 nitrogen and oxygen atoms in total. The lowest BCUT2D eigenvalue weighted by Gasteiger charge is -2.43. The third-order valence-corrected chi connectivity index (χ3v) is 4.18. The van der Waals surface area contributed by atoms with Gasteiger partial charge in [-0.25, -0.2) is 5.01 Å². The first-order valence-corrected chi connectivity index (χ1v) is 6.72. The molecule has 2 N–H and O–H groups in total. The Balaban J connectivity index is 2.33. The number of aromatic amines is 1. The predicted octanol–water partition coefficient (Wildman–Crippen LogP) is 2.30. The van der Waals surface area contributed by atoms with Gasteiger partial charge in [0.05, 0.1) is 11.3 Å². The van der Waals surface area contributed by atoms with Gasteiger partial charge in [-0.2, -0.15) is 0 Å². The molecule has 0 saturated carbocycles. The van der Waals surface area contributed by atoms with E-state index in [-0.39, 0.29) is 11.8 Å². The maximum Gasteiger partial charge on any atom is 0.272 e. The number of hydrazine groups is 1. The van der Waals surface area contributed by atoms with Crippen LogP contribution in [0.1, 0.15) is 43.2 Å². The van der Waals surface area contributed by atoms with Crippen molar-refractivity contribution in [1.82, 2.24) is 15.4 Å². The zero-order valence-corrected chi connectivity index (χ0v) is 11.8. The number of nitrogens with one attached hydrogen (secondary N) is 2. The van der Waals surface area contributed by atoms with E-state index in [9.17, 15) is 9.59 Å². The number of fused-ring (bicyclic) bond motifs is 3.